The van der Waals surface area contributed by atoms with Crippen LogP contribution in [0.4, 0.5) is 0 Å². The van der Waals surface area contributed by atoms with Crippen LogP contribution in [0.5, 0.6) is 0 Å². The Bertz CT molecular complexity index is 509. The number of rotatable bonds is 0. The molecule has 1 N–H and O–H groups in total. The van der Waals surface area contributed by atoms with Crippen LogP contribution in [0.3, 0.4) is 0 Å². The molecule has 0 bridgehead atoms. The van der Waals surface area contributed by atoms with Crippen LogP contribution in [0.15, 0.2) is 18.2 Å². The Balaban J connectivity index is 2.18. The lowest BCUT2D eigenvalue weighted by atomic mass is 9.70. The molecule has 1 aromatic carbocycles. The van der Waals surface area contributed by atoms with Gasteiger partial charge in [0.1, 0.15) is 0 Å². The minimum Gasteiger partial charge on any atom is -0.377 e. The lowest BCUT2D eigenvalue weighted by molar-refractivity contribution is -0.0854. The predicted molar refractivity (Wildman–Crippen MR) is 64.7 cm³/mol. The molecule has 2 aliphatic heterocycles. The first-order chi connectivity index (χ1) is 8.07. The first-order valence-corrected chi connectivity index (χ1v) is 5.95. The fourth-order valence-corrected chi connectivity index (χ4v) is 2.74. The second kappa shape index (κ2) is 3.32. The van der Waals surface area contributed by atoms with E-state index in [4.69, 9.17) is 10.00 Å². The van der Waals surface area contributed by atoms with Gasteiger partial charge in [0.2, 0.25) is 0 Å². The van der Waals surface area contributed by atoms with Crippen LogP contribution in [0, 0.1) is 11.3 Å². The zero-order chi connectivity index (χ0) is 12.1. The van der Waals surface area contributed by atoms with E-state index in [2.05, 4.69) is 31.3 Å². The Labute approximate surface area is 101 Å². The third-order valence-electron chi connectivity index (χ3n) is 3.96. The molecular weight excluding hydrogens is 212 g/mol. The number of hydrogen-bond acceptors (Lipinski definition) is 3. The number of nitriles is 1. The van der Waals surface area contributed by atoms with Gasteiger partial charge in [0.05, 0.1) is 30.4 Å². The van der Waals surface area contributed by atoms with Crippen molar-refractivity contribution in [1.29, 1.82) is 5.26 Å². The number of hydrogen-bond donors (Lipinski definition) is 1. The highest BCUT2D eigenvalue weighted by Gasteiger charge is 2.47. The minimum atomic E-state index is -0.00115. The second-order valence-electron chi connectivity index (χ2n) is 5.68. The Hall–Kier alpha value is -1.37. The highest BCUT2D eigenvalue weighted by Crippen LogP contribution is 2.41. The van der Waals surface area contributed by atoms with Crippen molar-refractivity contribution in [3.63, 3.8) is 0 Å². The van der Waals surface area contributed by atoms with Crippen LogP contribution in [0.1, 0.15) is 30.5 Å². The third-order valence-corrected chi connectivity index (χ3v) is 3.96. The average molecular weight is 228 g/mol. The molecule has 0 aromatic heterocycles. The first-order valence-electron chi connectivity index (χ1n) is 5.95. The summed E-state index contributed by atoms with van der Waals surface area (Å²) in [4.78, 5) is 0. The molecule has 1 aromatic rings. The van der Waals surface area contributed by atoms with Crippen LogP contribution < -0.4 is 5.32 Å². The fraction of sp³-hybridized carbons (Fsp3) is 0.500. The Morgan fingerprint density at radius 1 is 1.29 bits per heavy atom. The van der Waals surface area contributed by atoms with E-state index in [1.807, 2.05) is 12.1 Å². The van der Waals surface area contributed by atoms with Gasteiger partial charge in [-0.05, 0) is 23.3 Å². The molecule has 1 spiro atoms. The maximum Gasteiger partial charge on any atom is 0.0991 e. The van der Waals surface area contributed by atoms with Crippen molar-refractivity contribution in [1.82, 2.24) is 5.32 Å². The second-order valence-corrected chi connectivity index (χ2v) is 5.68. The molecular formula is C14H16N2O. The van der Waals surface area contributed by atoms with E-state index in [0.29, 0.717) is 0 Å². The molecule has 0 saturated carbocycles. The van der Waals surface area contributed by atoms with Crippen LogP contribution in [-0.2, 0) is 15.7 Å². The van der Waals surface area contributed by atoms with Gasteiger partial charge in [-0.25, -0.2) is 0 Å². The van der Waals surface area contributed by atoms with Crippen molar-refractivity contribution < 1.29 is 4.74 Å². The van der Waals surface area contributed by atoms with E-state index in [0.717, 1.165) is 25.3 Å². The van der Waals surface area contributed by atoms with E-state index in [-0.39, 0.29) is 11.0 Å². The number of fused-ring (bicyclic) bond motifs is 2. The molecule has 1 fully saturated rings. The Morgan fingerprint density at radius 2 is 2.06 bits per heavy atom. The summed E-state index contributed by atoms with van der Waals surface area (Å²) >= 11 is 0. The highest BCUT2D eigenvalue weighted by atomic mass is 16.5. The monoisotopic (exact) mass is 228 g/mol. The average Bonchev–Trinajstić information content (AvgIpc) is 2.27. The number of nitrogens with zero attached hydrogens (tertiary/aromatic N) is 1. The van der Waals surface area contributed by atoms with Crippen LogP contribution in [0.2, 0.25) is 0 Å². The number of ether oxygens (including phenoxy) is 1. The molecule has 0 aliphatic carbocycles. The van der Waals surface area contributed by atoms with Gasteiger partial charge in [-0.3, -0.25) is 0 Å². The standard InChI is InChI=1S/C14H16N2O/c1-13(2)7-16-14(8-17-9-14)11-4-3-10(6-15)5-12(11)13/h3-5,16H,7-9H2,1-2H3. The summed E-state index contributed by atoms with van der Waals surface area (Å²) in [6, 6.07) is 8.26. The van der Waals surface area contributed by atoms with Crippen molar-refractivity contribution in [2.45, 2.75) is 24.8 Å². The quantitative estimate of drug-likeness (QED) is 0.734. The SMILES string of the molecule is CC1(C)CNC2(COC2)c2ccc(C#N)cc21. The predicted octanol–water partition coefficient (Wildman–Crippen LogP) is 1.66. The normalized spacial score (nSPS) is 23.6. The molecule has 2 heterocycles. The van der Waals surface area contributed by atoms with Gasteiger partial charge in [0.25, 0.3) is 0 Å². The van der Waals surface area contributed by atoms with Crippen LogP contribution >= 0.6 is 0 Å². The molecule has 3 nitrogen and oxygen atoms in total. The lowest BCUT2D eigenvalue weighted by Crippen LogP contribution is -2.63. The molecule has 88 valence electrons. The Kier molecular flexibility index (Phi) is 2.10. The largest absolute Gasteiger partial charge is 0.377 e. The molecule has 0 radical (unpaired) electrons. The van der Waals surface area contributed by atoms with Gasteiger partial charge in [0, 0.05) is 12.0 Å². The van der Waals surface area contributed by atoms with E-state index < -0.39 is 0 Å². The number of nitrogens with one attached hydrogen (secondary N) is 1. The topological polar surface area (TPSA) is 45.0 Å². The van der Waals surface area contributed by atoms with E-state index in [1.54, 1.807) is 0 Å². The molecule has 0 atom stereocenters. The Morgan fingerprint density at radius 3 is 2.65 bits per heavy atom. The summed E-state index contributed by atoms with van der Waals surface area (Å²) in [5, 5.41) is 12.6. The molecule has 2 aliphatic rings. The maximum atomic E-state index is 9.02. The van der Waals surface area contributed by atoms with Crippen molar-refractivity contribution in [2.75, 3.05) is 19.8 Å². The molecule has 1 saturated heterocycles. The fourth-order valence-electron chi connectivity index (χ4n) is 2.74. The van der Waals surface area contributed by atoms with E-state index in [9.17, 15) is 0 Å². The lowest BCUT2D eigenvalue weighted by Gasteiger charge is -2.50. The van der Waals surface area contributed by atoms with Crippen molar-refractivity contribution in [3.05, 3.63) is 34.9 Å². The molecule has 3 rings (SSSR count). The first kappa shape index (κ1) is 10.8. The molecule has 17 heavy (non-hydrogen) atoms. The van der Waals surface area contributed by atoms with Gasteiger partial charge in [-0.15, -0.1) is 0 Å². The summed E-state index contributed by atoms with van der Waals surface area (Å²) in [6.45, 7) is 6.83. The summed E-state index contributed by atoms with van der Waals surface area (Å²) in [6.07, 6.45) is 0. The summed E-state index contributed by atoms with van der Waals surface area (Å²) in [5.41, 5.74) is 3.41. The van der Waals surface area contributed by atoms with E-state index >= 15 is 0 Å². The zero-order valence-corrected chi connectivity index (χ0v) is 10.2. The van der Waals surface area contributed by atoms with Crippen LogP contribution in [0.25, 0.3) is 0 Å². The summed E-state index contributed by atoms with van der Waals surface area (Å²) in [7, 11) is 0. The maximum absolute atomic E-state index is 9.02. The van der Waals surface area contributed by atoms with Gasteiger partial charge >= 0.3 is 0 Å². The number of benzene rings is 1. The highest BCUT2D eigenvalue weighted by molar-refractivity contribution is 5.48. The molecule has 3 heteroatoms. The van der Waals surface area contributed by atoms with E-state index in [1.165, 1.54) is 11.1 Å². The zero-order valence-electron chi connectivity index (χ0n) is 10.2. The smallest absolute Gasteiger partial charge is 0.0991 e. The minimum absolute atomic E-state index is 0.00115. The van der Waals surface area contributed by atoms with Gasteiger partial charge in [-0.1, -0.05) is 19.9 Å². The summed E-state index contributed by atoms with van der Waals surface area (Å²) in [5.74, 6) is 0. The van der Waals surface area contributed by atoms with Gasteiger partial charge < -0.3 is 10.1 Å². The van der Waals surface area contributed by atoms with Crippen molar-refractivity contribution in [2.24, 2.45) is 0 Å². The van der Waals surface area contributed by atoms with Crippen molar-refractivity contribution >= 4 is 0 Å². The molecule has 0 amide bonds. The summed E-state index contributed by atoms with van der Waals surface area (Å²) < 4.78 is 5.37. The van der Waals surface area contributed by atoms with Gasteiger partial charge in [0.15, 0.2) is 0 Å². The van der Waals surface area contributed by atoms with Gasteiger partial charge in [-0.2, -0.15) is 5.26 Å². The third kappa shape index (κ3) is 1.41. The van der Waals surface area contributed by atoms with Crippen LogP contribution in [-0.4, -0.2) is 19.8 Å². The van der Waals surface area contributed by atoms with Crippen molar-refractivity contribution in [3.8, 4) is 6.07 Å². The molecule has 0 unspecified atom stereocenters.